The van der Waals surface area contributed by atoms with Gasteiger partial charge in [0, 0.05) is 5.69 Å². The van der Waals surface area contributed by atoms with E-state index in [9.17, 15) is 13.6 Å². The predicted octanol–water partition coefficient (Wildman–Crippen LogP) is 3.91. The highest BCUT2D eigenvalue weighted by Crippen LogP contribution is 2.22. The minimum atomic E-state index is -2.88. The fraction of sp³-hybridized carbons (Fsp3) is 0.167. The van der Waals surface area contributed by atoms with E-state index in [-0.39, 0.29) is 17.4 Å². The van der Waals surface area contributed by atoms with Gasteiger partial charge in [-0.3, -0.25) is 9.36 Å². The first-order valence-corrected chi connectivity index (χ1v) is 8.95. The van der Waals surface area contributed by atoms with E-state index >= 15 is 0 Å². The van der Waals surface area contributed by atoms with Gasteiger partial charge >= 0.3 is 6.61 Å². The molecule has 0 unspecified atom stereocenters. The second kappa shape index (κ2) is 8.63. The Bertz CT molecular complexity index is 916. The molecule has 27 heavy (non-hydrogen) atoms. The number of ether oxygens (including phenoxy) is 1. The Labute approximate surface area is 158 Å². The van der Waals surface area contributed by atoms with Crippen LogP contribution < -0.4 is 10.1 Å². The number of carbonyl (C=O) groups is 1. The Morgan fingerprint density at radius 1 is 1.22 bits per heavy atom. The van der Waals surface area contributed by atoms with E-state index < -0.39 is 6.61 Å². The maximum absolute atomic E-state index is 12.1. The third-order valence-electron chi connectivity index (χ3n) is 3.59. The highest BCUT2D eigenvalue weighted by atomic mass is 32.2. The first-order chi connectivity index (χ1) is 13.0. The zero-order chi connectivity index (χ0) is 19.2. The molecule has 9 heteroatoms. The van der Waals surface area contributed by atoms with Crippen LogP contribution in [0.25, 0.3) is 5.69 Å². The fourth-order valence-electron chi connectivity index (χ4n) is 2.37. The van der Waals surface area contributed by atoms with Gasteiger partial charge in [-0.05, 0) is 42.8 Å². The summed E-state index contributed by atoms with van der Waals surface area (Å²) in [7, 11) is 0. The van der Waals surface area contributed by atoms with Crippen molar-refractivity contribution in [3.63, 3.8) is 0 Å². The topological polar surface area (TPSA) is 69.0 Å². The Morgan fingerprint density at radius 2 is 1.96 bits per heavy atom. The number of amides is 1. The Kier molecular flexibility index (Phi) is 6.02. The van der Waals surface area contributed by atoms with Crippen molar-refractivity contribution in [3.05, 3.63) is 60.4 Å². The number of rotatable bonds is 7. The molecular weight excluding hydrogens is 374 g/mol. The minimum absolute atomic E-state index is 0.0312. The highest BCUT2D eigenvalue weighted by molar-refractivity contribution is 7.99. The molecule has 2 aromatic carbocycles. The molecule has 1 amide bonds. The van der Waals surface area contributed by atoms with Crippen molar-refractivity contribution >= 4 is 23.4 Å². The number of benzene rings is 2. The number of halogens is 2. The lowest BCUT2D eigenvalue weighted by Gasteiger charge is -2.09. The van der Waals surface area contributed by atoms with Crippen LogP contribution in [0.5, 0.6) is 5.75 Å². The Hall–Kier alpha value is -2.94. The fourth-order valence-corrected chi connectivity index (χ4v) is 3.09. The molecule has 0 atom stereocenters. The molecule has 3 aromatic rings. The molecule has 0 aliphatic carbocycles. The van der Waals surface area contributed by atoms with Gasteiger partial charge in [0.05, 0.1) is 11.4 Å². The van der Waals surface area contributed by atoms with Gasteiger partial charge in [-0.25, -0.2) is 0 Å². The number of alkyl halides is 2. The maximum Gasteiger partial charge on any atom is 0.387 e. The second-order valence-corrected chi connectivity index (χ2v) is 6.45. The van der Waals surface area contributed by atoms with E-state index in [0.29, 0.717) is 10.8 Å². The minimum Gasteiger partial charge on any atom is -0.435 e. The van der Waals surface area contributed by atoms with E-state index in [1.54, 1.807) is 6.33 Å². The number of carbonyl (C=O) groups excluding carboxylic acids is 1. The number of nitrogens with zero attached hydrogens (tertiary/aromatic N) is 3. The lowest BCUT2D eigenvalue weighted by Crippen LogP contribution is -2.14. The van der Waals surface area contributed by atoms with E-state index in [1.165, 1.54) is 36.0 Å². The Balaban J connectivity index is 1.59. The van der Waals surface area contributed by atoms with E-state index in [2.05, 4.69) is 20.3 Å². The molecule has 1 aromatic heterocycles. The van der Waals surface area contributed by atoms with E-state index in [1.807, 2.05) is 35.8 Å². The van der Waals surface area contributed by atoms with Crippen molar-refractivity contribution in [2.24, 2.45) is 0 Å². The molecule has 0 saturated carbocycles. The van der Waals surface area contributed by atoms with Crippen molar-refractivity contribution < 1.29 is 18.3 Å². The van der Waals surface area contributed by atoms with Crippen molar-refractivity contribution in [2.75, 3.05) is 11.1 Å². The van der Waals surface area contributed by atoms with Gasteiger partial charge in [0.15, 0.2) is 5.16 Å². The maximum atomic E-state index is 12.1. The molecule has 140 valence electrons. The lowest BCUT2D eigenvalue weighted by atomic mass is 10.2. The molecule has 0 bridgehead atoms. The number of thioether (sulfide) groups is 1. The van der Waals surface area contributed by atoms with E-state index in [4.69, 9.17) is 0 Å². The van der Waals surface area contributed by atoms with Crippen LogP contribution in [0.1, 0.15) is 5.56 Å². The molecule has 3 rings (SSSR count). The van der Waals surface area contributed by atoms with Gasteiger partial charge < -0.3 is 10.1 Å². The summed E-state index contributed by atoms with van der Waals surface area (Å²) in [5.74, 6) is -0.0922. The number of aryl methyl sites for hydroxylation is 1. The first-order valence-electron chi connectivity index (χ1n) is 7.96. The average molecular weight is 390 g/mol. The predicted molar refractivity (Wildman–Crippen MR) is 98.5 cm³/mol. The van der Waals surface area contributed by atoms with Crippen LogP contribution in [-0.2, 0) is 4.79 Å². The number of nitrogens with one attached hydrogen (secondary N) is 1. The SMILES string of the molecule is Cc1ccccc1-n1cnnc1SCC(=O)Nc1ccc(OC(F)F)cc1. The molecule has 0 radical (unpaired) electrons. The number of anilines is 1. The van der Waals surface area contributed by atoms with Gasteiger partial charge in [-0.15, -0.1) is 10.2 Å². The van der Waals surface area contributed by atoms with Crippen molar-refractivity contribution in [2.45, 2.75) is 18.7 Å². The van der Waals surface area contributed by atoms with Crippen LogP contribution in [0, 0.1) is 6.92 Å². The summed E-state index contributed by atoms with van der Waals surface area (Å²) >= 11 is 1.25. The number of aromatic nitrogens is 3. The number of hydrogen-bond donors (Lipinski definition) is 1. The summed E-state index contributed by atoms with van der Waals surface area (Å²) in [5.41, 5.74) is 2.50. The van der Waals surface area contributed by atoms with Crippen LogP contribution in [0.3, 0.4) is 0 Å². The third kappa shape index (κ3) is 5.04. The number of hydrogen-bond acceptors (Lipinski definition) is 5. The largest absolute Gasteiger partial charge is 0.435 e. The molecule has 0 fully saturated rings. The average Bonchev–Trinajstić information content (AvgIpc) is 3.10. The molecule has 0 aliphatic rings. The summed E-state index contributed by atoms with van der Waals surface area (Å²) in [6.07, 6.45) is 1.60. The zero-order valence-electron chi connectivity index (χ0n) is 14.3. The third-order valence-corrected chi connectivity index (χ3v) is 4.53. The standard InChI is InChI=1S/C18H16F2N4O2S/c1-12-4-2-3-5-15(12)24-11-21-23-18(24)27-10-16(25)22-13-6-8-14(9-7-13)26-17(19)20/h2-9,11,17H,10H2,1H3,(H,22,25). The molecule has 0 aliphatic heterocycles. The van der Waals surface area contributed by atoms with Crippen LogP contribution in [0.2, 0.25) is 0 Å². The summed E-state index contributed by atoms with van der Waals surface area (Å²) in [6, 6.07) is 13.5. The monoisotopic (exact) mass is 390 g/mol. The molecule has 1 N–H and O–H groups in total. The smallest absolute Gasteiger partial charge is 0.387 e. The molecular formula is C18H16F2N4O2S. The van der Waals surface area contributed by atoms with Gasteiger partial charge in [0.2, 0.25) is 5.91 Å². The van der Waals surface area contributed by atoms with E-state index in [0.717, 1.165) is 11.3 Å². The summed E-state index contributed by atoms with van der Waals surface area (Å²) < 4.78 is 30.4. The molecule has 0 spiro atoms. The number of para-hydroxylation sites is 1. The van der Waals surface area contributed by atoms with Gasteiger partial charge in [0.1, 0.15) is 12.1 Å². The molecule has 1 heterocycles. The van der Waals surface area contributed by atoms with Gasteiger partial charge in [-0.1, -0.05) is 30.0 Å². The van der Waals surface area contributed by atoms with Crippen molar-refractivity contribution in [3.8, 4) is 11.4 Å². The normalized spacial score (nSPS) is 10.8. The first kappa shape index (κ1) is 18.8. The summed E-state index contributed by atoms with van der Waals surface area (Å²) in [5, 5.41) is 11.3. The van der Waals surface area contributed by atoms with Crippen molar-refractivity contribution in [1.82, 2.24) is 14.8 Å². The van der Waals surface area contributed by atoms with Crippen LogP contribution in [0.15, 0.2) is 60.0 Å². The van der Waals surface area contributed by atoms with Crippen LogP contribution in [-0.4, -0.2) is 33.0 Å². The molecule has 0 saturated heterocycles. The second-order valence-electron chi connectivity index (χ2n) is 5.51. The summed E-state index contributed by atoms with van der Waals surface area (Å²) in [6.45, 7) is -0.898. The quantitative estimate of drug-likeness (QED) is 0.620. The van der Waals surface area contributed by atoms with Gasteiger partial charge in [-0.2, -0.15) is 8.78 Å². The highest BCUT2D eigenvalue weighted by Gasteiger charge is 2.12. The lowest BCUT2D eigenvalue weighted by molar-refractivity contribution is -0.113. The zero-order valence-corrected chi connectivity index (χ0v) is 15.1. The van der Waals surface area contributed by atoms with Crippen LogP contribution in [0.4, 0.5) is 14.5 Å². The van der Waals surface area contributed by atoms with Crippen molar-refractivity contribution in [1.29, 1.82) is 0 Å². The van der Waals surface area contributed by atoms with Crippen LogP contribution >= 0.6 is 11.8 Å². The molecule has 6 nitrogen and oxygen atoms in total. The summed E-state index contributed by atoms with van der Waals surface area (Å²) in [4.78, 5) is 12.1. The van der Waals surface area contributed by atoms with Gasteiger partial charge in [0.25, 0.3) is 0 Å². The Morgan fingerprint density at radius 3 is 2.67 bits per heavy atom.